The lowest BCUT2D eigenvalue weighted by Crippen LogP contribution is -2.28. The Bertz CT molecular complexity index is 378. The number of amides is 1. The van der Waals surface area contributed by atoms with Crippen LogP contribution in [0.25, 0.3) is 0 Å². The zero-order valence-electron chi connectivity index (χ0n) is 10.8. The van der Waals surface area contributed by atoms with Gasteiger partial charge in [-0.05, 0) is 6.92 Å². The molecule has 0 aliphatic heterocycles. The van der Waals surface area contributed by atoms with Crippen molar-refractivity contribution >= 4 is 11.6 Å². The number of carbonyl (C=O) groups is 1. The summed E-state index contributed by atoms with van der Waals surface area (Å²) < 4.78 is 11.7. The molecule has 0 bridgehead atoms. The van der Waals surface area contributed by atoms with E-state index in [-0.39, 0.29) is 11.6 Å². The number of methoxy groups -OCH3 is 1. The Balaban J connectivity index is 2.29. The van der Waals surface area contributed by atoms with Crippen LogP contribution in [0.2, 0.25) is 0 Å². The van der Waals surface area contributed by atoms with Crippen LogP contribution in [0.15, 0.2) is 6.20 Å². The average molecular weight is 256 g/mol. The summed E-state index contributed by atoms with van der Waals surface area (Å²) in [6.45, 7) is 4.51. The molecule has 0 aliphatic rings. The fourth-order valence-corrected chi connectivity index (χ4v) is 1.34. The normalized spacial score (nSPS) is 10.6. The molecule has 0 unspecified atom stereocenters. The first-order valence-electron chi connectivity index (χ1n) is 5.86. The van der Waals surface area contributed by atoms with Gasteiger partial charge in [-0.3, -0.25) is 9.48 Å². The maximum atomic E-state index is 11.7. The molecule has 102 valence electrons. The summed E-state index contributed by atoms with van der Waals surface area (Å²) in [6.07, 6.45) is 1.64. The minimum absolute atomic E-state index is 0.258. The lowest BCUT2D eigenvalue weighted by atomic mass is 10.3. The van der Waals surface area contributed by atoms with Crippen LogP contribution in [0.4, 0.5) is 5.69 Å². The van der Waals surface area contributed by atoms with Crippen LogP contribution in [-0.4, -0.2) is 49.2 Å². The Hall–Kier alpha value is -1.60. The summed E-state index contributed by atoms with van der Waals surface area (Å²) in [5.41, 5.74) is 6.34. The second-order valence-electron chi connectivity index (χ2n) is 3.65. The Morgan fingerprint density at radius 1 is 1.50 bits per heavy atom. The number of hydrogen-bond acceptors (Lipinski definition) is 5. The fourth-order valence-electron chi connectivity index (χ4n) is 1.34. The maximum Gasteiger partial charge on any atom is 0.274 e. The molecule has 0 radical (unpaired) electrons. The quantitative estimate of drug-likeness (QED) is 0.633. The van der Waals surface area contributed by atoms with Crippen LogP contribution in [0, 0.1) is 0 Å². The van der Waals surface area contributed by atoms with E-state index in [2.05, 4.69) is 10.4 Å². The van der Waals surface area contributed by atoms with E-state index in [1.807, 2.05) is 6.92 Å². The standard InChI is InChI=1S/C11H20N4O3/c1-3-15-8-9(12)10(14-15)11(16)13-4-5-18-7-6-17-2/h8H,3-7,12H2,1-2H3,(H,13,16). The van der Waals surface area contributed by atoms with Crippen molar-refractivity contribution in [3.05, 3.63) is 11.9 Å². The molecule has 0 saturated carbocycles. The molecule has 0 fully saturated rings. The number of hydrogen-bond donors (Lipinski definition) is 2. The van der Waals surface area contributed by atoms with Crippen molar-refractivity contribution in [2.45, 2.75) is 13.5 Å². The molecule has 3 N–H and O–H groups in total. The van der Waals surface area contributed by atoms with Crippen molar-refractivity contribution in [3.63, 3.8) is 0 Å². The highest BCUT2D eigenvalue weighted by Gasteiger charge is 2.13. The predicted octanol–water partition coefficient (Wildman–Crippen LogP) is -0.122. The number of rotatable bonds is 8. The van der Waals surface area contributed by atoms with Crippen molar-refractivity contribution in [1.29, 1.82) is 0 Å². The van der Waals surface area contributed by atoms with E-state index < -0.39 is 0 Å². The Morgan fingerprint density at radius 3 is 2.89 bits per heavy atom. The molecule has 7 heteroatoms. The molecule has 1 heterocycles. The molecule has 0 spiro atoms. The molecule has 1 aromatic heterocycles. The van der Waals surface area contributed by atoms with Gasteiger partial charge >= 0.3 is 0 Å². The summed E-state index contributed by atoms with van der Waals surface area (Å²) in [4.78, 5) is 11.7. The first kappa shape index (κ1) is 14.5. The van der Waals surface area contributed by atoms with E-state index >= 15 is 0 Å². The molecule has 0 atom stereocenters. The zero-order chi connectivity index (χ0) is 13.4. The van der Waals surface area contributed by atoms with Crippen LogP contribution in [0.3, 0.4) is 0 Å². The molecule has 0 aromatic carbocycles. The van der Waals surface area contributed by atoms with Crippen molar-refractivity contribution in [2.24, 2.45) is 0 Å². The minimum atomic E-state index is -0.282. The molecular formula is C11H20N4O3. The van der Waals surface area contributed by atoms with Gasteiger partial charge in [0.2, 0.25) is 0 Å². The molecule has 1 amide bonds. The second kappa shape index (κ2) is 7.67. The van der Waals surface area contributed by atoms with Crippen LogP contribution in [-0.2, 0) is 16.0 Å². The van der Waals surface area contributed by atoms with E-state index in [0.29, 0.717) is 38.6 Å². The number of nitrogens with zero attached hydrogens (tertiary/aromatic N) is 2. The SMILES string of the molecule is CCn1cc(N)c(C(=O)NCCOCCOC)n1. The van der Waals surface area contributed by atoms with Gasteiger partial charge in [0, 0.05) is 26.4 Å². The highest BCUT2D eigenvalue weighted by atomic mass is 16.5. The van der Waals surface area contributed by atoms with E-state index in [4.69, 9.17) is 15.2 Å². The van der Waals surface area contributed by atoms with E-state index in [1.165, 1.54) is 0 Å². The van der Waals surface area contributed by atoms with Crippen molar-refractivity contribution in [3.8, 4) is 0 Å². The first-order chi connectivity index (χ1) is 8.69. The van der Waals surface area contributed by atoms with Gasteiger partial charge < -0.3 is 20.5 Å². The maximum absolute atomic E-state index is 11.7. The van der Waals surface area contributed by atoms with Crippen molar-refractivity contribution < 1.29 is 14.3 Å². The molecule has 7 nitrogen and oxygen atoms in total. The number of aromatic nitrogens is 2. The van der Waals surface area contributed by atoms with Crippen LogP contribution >= 0.6 is 0 Å². The van der Waals surface area contributed by atoms with E-state index in [0.717, 1.165) is 0 Å². The van der Waals surface area contributed by atoms with E-state index in [1.54, 1.807) is 18.0 Å². The number of aryl methyl sites for hydroxylation is 1. The molecule has 1 rings (SSSR count). The highest BCUT2D eigenvalue weighted by Crippen LogP contribution is 2.08. The Labute approximate surface area is 106 Å². The van der Waals surface area contributed by atoms with Gasteiger partial charge in [0.05, 0.1) is 25.5 Å². The lowest BCUT2D eigenvalue weighted by Gasteiger charge is -2.05. The highest BCUT2D eigenvalue weighted by molar-refractivity contribution is 5.96. The Morgan fingerprint density at radius 2 is 2.28 bits per heavy atom. The predicted molar refractivity (Wildman–Crippen MR) is 67.3 cm³/mol. The van der Waals surface area contributed by atoms with Crippen LogP contribution in [0.1, 0.15) is 17.4 Å². The van der Waals surface area contributed by atoms with E-state index in [9.17, 15) is 4.79 Å². The Kier molecular flexibility index (Phi) is 6.16. The fraction of sp³-hybridized carbons (Fsp3) is 0.636. The van der Waals surface area contributed by atoms with Gasteiger partial charge in [-0.25, -0.2) is 0 Å². The molecule has 1 aromatic rings. The van der Waals surface area contributed by atoms with Gasteiger partial charge in [0.1, 0.15) is 0 Å². The number of nitrogens with one attached hydrogen (secondary N) is 1. The van der Waals surface area contributed by atoms with Crippen molar-refractivity contribution in [1.82, 2.24) is 15.1 Å². The minimum Gasteiger partial charge on any atom is -0.396 e. The van der Waals surface area contributed by atoms with Gasteiger partial charge in [-0.2, -0.15) is 5.10 Å². The van der Waals surface area contributed by atoms with Crippen molar-refractivity contribution in [2.75, 3.05) is 39.2 Å². The number of nitrogen functional groups attached to an aromatic ring is 1. The third-order valence-electron chi connectivity index (χ3n) is 2.29. The van der Waals surface area contributed by atoms with Gasteiger partial charge in [-0.1, -0.05) is 0 Å². The molecule has 18 heavy (non-hydrogen) atoms. The summed E-state index contributed by atoms with van der Waals surface area (Å²) >= 11 is 0. The third-order valence-corrected chi connectivity index (χ3v) is 2.29. The largest absolute Gasteiger partial charge is 0.396 e. The molecule has 0 saturated heterocycles. The summed E-state index contributed by atoms with van der Waals surface area (Å²) in [5.74, 6) is -0.282. The second-order valence-corrected chi connectivity index (χ2v) is 3.65. The monoisotopic (exact) mass is 256 g/mol. The van der Waals surface area contributed by atoms with Crippen LogP contribution in [0.5, 0.6) is 0 Å². The smallest absolute Gasteiger partial charge is 0.274 e. The number of ether oxygens (including phenoxy) is 2. The molecule has 0 aliphatic carbocycles. The first-order valence-corrected chi connectivity index (χ1v) is 5.86. The van der Waals surface area contributed by atoms with Gasteiger partial charge in [0.15, 0.2) is 5.69 Å². The number of nitrogens with two attached hydrogens (primary N) is 1. The topological polar surface area (TPSA) is 91.4 Å². The third kappa shape index (κ3) is 4.34. The summed E-state index contributed by atoms with van der Waals surface area (Å²) in [7, 11) is 1.61. The number of carbonyl (C=O) groups excluding carboxylic acids is 1. The molecular weight excluding hydrogens is 236 g/mol. The number of anilines is 1. The average Bonchev–Trinajstić information content (AvgIpc) is 2.75. The lowest BCUT2D eigenvalue weighted by molar-refractivity contribution is 0.0692. The van der Waals surface area contributed by atoms with Gasteiger partial charge in [-0.15, -0.1) is 0 Å². The van der Waals surface area contributed by atoms with Gasteiger partial charge in [0.25, 0.3) is 5.91 Å². The summed E-state index contributed by atoms with van der Waals surface area (Å²) in [6, 6.07) is 0. The zero-order valence-corrected chi connectivity index (χ0v) is 10.8. The summed E-state index contributed by atoms with van der Waals surface area (Å²) in [5, 5.41) is 6.77. The van der Waals surface area contributed by atoms with Crippen LogP contribution < -0.4 is 11.1 Å².